The van der Waals surface area contributed by atoms with Crippen molar-refractivity contribution in [2.24, 2.45) is 5.92 Å². The zero-order chi connectivity index (χ0) is 14.0. The lowest BCUT2D eigenvalue weighted by molar-refractivity contribution is -0.121. The Balaban J connectivity index is 1.74. The maximum atomic E-state index is 6.22. The van der Waals surface area contributed by atoms with Crippen LogP contribution in [0.25, 0.3) is 0 Å². The van der Waals surface area contributed by atoms with Crippen LogP contribution in [0, 0.1) is 12.8 Å². The van der Waals surface area contributed by atoms with E-state index in [0.29, 0.717) is 12.0 Å². The van der Waals surface area contributed by atoms with Gasteiger partial charge in [-0.3, -0.25) is 0 Å². The highest BCUT2D eigenvalue weighted by atomic mass is 16.5. The predicted octanol–water partition coefficient (Wildman–Crippen LogP) is 3.98. The van der Waals surface area contributed by atoms with Crippen molar-refractivity contribution in [3.8, 4) is 0 Å². The summed E-state index contributed by atoms with van der Waals surface area (Å²) in [6, 6.07) is 2.57. The van der Waals surface area contributed by atoms with Gasteiger partial charge in [-0.05, 0) is 51.6 Å². The summed E-state index contributed by atoms with van der Waals surface area (Å²) in [6.07, 6.45) is 10.8. The number of nitrogens with one attached hydrogen (secondary N) is 1. The Kier molecular flexibility index (Phi) is 4.18. The van der Waals surface area contributed by atoms with Crippen LogP contribution in [-0.4, -0.2) is 19.3 Å². The van der Waals surface area contributed by atoms with Gasteiger partial charge in [0, 0.05) is 18.2 Å². The largest absolute Gasteiger partial charge is 0.469 e. The van der Waals surface area contributed by atoms with Gasteiger partial charge in [0.2, 0.25) is 0 Å². The maximum absolute atomic E-state index is 6.22. The lowest BCUT2D eigenvalue weighted by atomic mass is 9.73. The third kappa shape index (κ3) is 2.79. The van der Waals surface area contributed by atoms with Crippen LogP contribution in [0.5, 0.6) is 0 Å². The first-order valence-corrected chi connectivity index (χ1v) is 8.09. The molecule has 0 radical (unpaired) electrons. The van der Waals surface area contributed by atoms with Crippen LogP contribution in [0.1, 0.15) is 62.3 Å². The van der Waals surface area contributed by atoms with E-state index in [1.54, 1.807) is 0 Å². The molecule has 2 heterocycles. The Morgan fingerprint density at radius 3 is 2.75 bits per heavy atom. The van der Waals surface area contributed by atoms with Gasteiger partial charge in [0.1, 0.15) is 5.76 Å². The summed E-state index contributed by atoms with van der Waals surface area (Å²) in [4.78, 5) is 0. The normalized spacial score (nSPS) is 27.6. The molecule has 112 valence electrons. The lowest BCUT2D eigenvalue weighted by Crippen LogP contribution is -2.44. The van der Waals surface area contributed by atoms with Gasteiger partial charge in [-0.15, -0.1) is 0 Å². The van der Waals surface area contributed by atoms with E-state index in [9.17, 15) is 0 Å². The van der Waals surface area contributed by atoms with Crippen molar-refractivity contribution in [3.05, 3.63) is 23.7 Å². The highest BCUT2D eigenvalue weighted by molar-refractivity contribution is 5.18. The molecule has 3 heteroatoms. The van der Waals surface area contributed by atoms with Gasteiger partial charge in [-0.25, -0.2) is 0 Å². The van der Waals surface area contributed by atoms with E-state index in [2.05, 4.69) is 18.4 Å². The monoisotopic (exact) mass is 277 g/mol. The number of aryl methyl sites for hydroxylation is 1. The standard InChI is InChI=1S/C17H27NO2/c1-13-10-15(12-19-13)16(18-2)14-6-9-20-17(11-14)7-4-3-5-8-17/h10,12,14,16,18H,3-9,11H2,1-2H3. The van der Waals surface area contributed by atoms with Gasteiger partial charge in [0.05, 0.1) is 11.9 Å². The van der Waals surface area contributed by atoms with Crippen molar-refractivity contribution in [2.45, 2.75) is 63.5 Å². The number of furan rings is 1. The van der Waals surface area contributed by atoms with Gasteiger partial charge < -0.3 is 14.5 Å². The summed E-state index contributed by atoms with van der Waals surface area (Å²) in [5, 5.41) is 3.51. The molecule has 2 fully saturated rings. The van der Waals surface area contributed by atoms with Crippen molar-refractivity contribution in [2.75, 3.05) is 13.7 Å². The van der Waals surface area contributed by atoms with Gasteiger partial charge in [0.25, 0.3) is 0 Å². The van der Waals surface area contributed by atoms with Crippen LogP contribution < -0.4 is 5.32 Å². The second-order valence-corrected chi connectivity index (χ2v) is 6.60. The minimum Gasteiger partial charge on any atom is -0.469 e. The Morgan fingerprint density at radius 1 is 1.30 bits per heavy atom. The molecule has 3 rings (SSSR count). The quantitative estimate of drug-likeness (QED) is 0.907. The summed E-state index contributed by atoms with van der Waals surface area (Å²) in [5.74, 6) is 1.66. The molecule has 1 aromatic heterocycles. The van der Waals surface area contributed by atoms with Crippen LogP contribution in [0.15, 0.2) is 16.7 Å². The topological polar surface area (TPSA) is 34.4 Å². The Morgan fingerprint density at radius 2 is 2.10 bits per heavy atom. The molecule has 2 unspecified atom stereocenters. The van der Waals surface area contributed by atoms with Crippen molar-refractivity contribution in [1.29, 1.82) is 0 Å². The first kappa shape index (κ1) is 14.2. The van der Waals surface area contributed by atoms with E-state index < -0.39 is 0 Å². The lowest BCUT2D eigenvalue weighted by Gasteiger charge is -2.45. The molecule has 1 aromatic rings. The molecule has 20 heavy (non-hydrogen) atoms. The van der Waals surface area contributed by atoms with Crippen LogP contribution >= 0.6 is 0 Å². The second kappa shape index (κ2) is 5.90. The molecule has 1 saturated heterocycles. The fourth-order valence-electron chi connectivity index (χ4n) is 4.20. The fraction of sp³-hybridized carbons (Fsp3) is 0.765. The molecule has 2 aliphatic rings. The molecule has 1 N–H and O–H groups in total. The van der Waals surface area contributed by atoms with Crippen LogP contribution in [0.4, 0.5) is 0 Å². The van der Waals surface area contributed by atoms with E-state index in [1.165, 1.54) is 44.1 Å². The summed E-state index contributed by atoms with van der Waals surface area (Å²) in [7, 11) is 2.07. The molecular formula is C17H27NO2. The zero-order valence-corrected chi connectivity index (χ0v) is 12.8. The minimum atomic E-state index is 0.176. The highest BCUT2D eigenvalue weighted by Crippen LogP contribution is 2.44. The summed E-state index contributed by atoms with van der Waals surface area (Å²) in [6.45, 7) is 2.93. The van der Waals surface area contributed by atoms with Crippen LogP contribution in [0.3, 0.4) is 0 Å². The molecule has 0 aromatic carbocycles. The molecule has 0 bridgehead atoms. The van der Waals surface area contributed by atoms with Crippen molar-refractivity contribution in [3.63, 3.8) is 0 Å². The third-order valence-electron chi connectivity index (χ3n) is 5.19. The van der Waals surface area contributed by atoms with E-state index in [0.717, 1.165) is 18.8 Å². The summed E-state index contributed by atoms with van der Waals surface area (Å²) in [5.41, 5.74) is 1.47. The SMILES string of the molecule is CNC(c1coc(C)c1)C1CCOC2(CCCCC2)C1. The number of ether oxygens (including phenoxy) is 1. The third-order valence-corrected chi connectivity index (χ3v) is 5.19. The molecule has 1 aliphatic carbocycles. The molecule has 3 nitrogen and oxygen atoms in total. The van der Waals surface area contributed by atoms with Gasteiger partial charge >= 0.3 is 0 Å². The molecule has 0 amide bonds. The zero-order valence-electron chi connectivity index (χ0n) is 12.8. The maximum Gasteiger partial charge on any atom is 0.101 e. The minimum absolute atomic E-state index is 0.176. The van der Waals surface area contributed by atoms with E-state index in [1.807, 2.05) is 13.2 Å². The Labute approximate surface area is 122 Å². The van der Waals surface area contributed by atoms with E-state index in [4.69, 9.17) is 9.15 Å². The van der Waals surface area contributed by atoms with Gasteiger partial charge in [0.15, 0.2) is 0 Å². The first-order valence-electron chi connectivity index (χ1n) is 8.09. The summed E-state index contributed by atoms with van der Waals surface area (Å²) >= 11 is 0. The molecule has 1 aliphatic heterocycles. The number of hydrogen-bond donors (Lipinski definition) is 1. The second-order valence-electron chi connectivity index (χ2n) is 6.60. The van der Waals surface area contributed by atoms with Crippen molar-refractivity contribution < 1.29 is 9.15 Å². The van der Waals surface area contributed by atoms with Crippen molar-refractivity contribution >= 4 is 0 Å². The smallest absolute Gasteiger partial charge is 0.101 e. The molecule has 1 spiro atoms. The number of rotatable bonds is 3. The molecule has 1 saturated carbocycles. The van der Waals surface area contributed by atoms with Crippen LogP contribution in [0.2, 0.25) is 0 Å². The predicted molar refractivity (Wildman–Crippen MR) is 79.7 cm³/mol. The van der Waals surface area contributed by atoms with Gasteiger partial charge in [-0.2, -0.15) is 0 Å². The fourth-order valence-corrected chi connectivity index (χ4v) is 4.20. The molecule has 2 atom stereocenters. The van der Waals surface area contributed by atoms with E-state index in [-0.39, 0.29) is 5.60 Å². The Bertz CT molecular complexity index is 428. The van der Waals surface area contributed by atoms with Crippen molar-refractivity contribution in [1.82, 2.24) is 5.32 Å². The van der Waals surface area contributed by atoms with Gasteiger partial charge in [-0.1, -0.05) is 19.3 Å². The first-order chi connectivity index (χ1) is 9.72. The Hall–Kier alpha value is -0.800. The number of hydrogen-bond acceptors (Lipinski definition) is 3. The highest BCUT2D eigenvalue weighted by Gasteiger charge is 2.41. The average molecular weight is 277 g/mol. The summed E-state index contributed by atoms with van der Waals surface area (Å²) < 4.78 is 11.7. The van der Waals surface area contributed by atoms with E-state index >= 15 is 0 Å². The average Bonchev–Trinajstić information content (AvgIpc) is 2.87. The molecular weight excluding hydrogens is 250 g/mol. The van der Waals surface area contributed by atoms with Crippen LogP contribution in [-0.2, 0) is 4.74 Å².